The summed E-state index contributed by atoms with van der Waals surface area (Å²) in [5.41, 5.74) is 1.75. The highest BCUT2D eigenvalue weighted by Gasteiger charge is 2.22. The number of piperazine rings is 1. The standard InChI is InChI=1S/C30H42N4O4/c1-4-6-13-29(35)33(18-9-11-25-10-7-8-12-28(25)37-3)22-19-32-20-23-34(24-21-32)30(36)31-26-14-16-27(17-15-26)38-5-2/h7-12,14-17H,4-6,13,18-24H2,1-3H3,(H,31,36). The van der Waals surface area contributed by atoms with E-state index in [1.165, 1.54) is 0 Å². The number of amides is 3. The lowest BCUT2D eigenvalue weighted by Gasteiger charge is -2.35. The van der Waals surface area contributed by atoms with Gasteiger partial charge in [0.15, 0.2) is 0 Å². The predicted octanol–water partition coefficient (Wildman–Crippen LogP) is 4.98. The second kappa shape index (κ2) is 15.7. The van der Waals surface area contributed by atoms with E-state index in [0.717, 1.165) is 55.2 Å². The van der Waals surface area contributed by atoms with Gasteiger partial charge in [-0.2, -0.15) is 0 Å². The maximum atomic E-state index is 12.9. The summed E-state index contributed by atoms with van der Waals surface area (Å²) in [5, 5.41) is 2.97. The van der Waals surface area contributed by atoms with Crippen LogP contribution in [0.1, 0.15) is 38.7 Å². The van der Waals surface area contributed by atoms with Gasteiger partial charge in [-0.15, -0.1) is 0 Å². The van der Waals surface area contributed by atoms with Crippen LogP contribution in [0.15, 0.2) is 54.6 Å². The number of rotatable bonds is 13. The van der Waals surface area contributed by atoms with Crippen molar-refractivity contribution in [3.63, 3.8) is 0 Å². The number of carbonyl (C=O) groups is 2. The van der Waals surface area contributed by atoms with E-state index >= 15 is 0 Å². The van der Waals surface area contributed by atoms with Crippen LogP contribution in [0.25, 0.3) is 6.08 Å². The lowest BCUT2D eigenvalue weighted by Crippen LogP contribution is -2.51. The second-order valence-electron chi connectivity index (χ2n) is 9.30. The number of para-hydroxylation sites is 1. The number of ether oxygens (including phenoxy) is 2. The highest BCUT2D eigenvalue weighted by atomic mass is 16.5. The molecule has 0 saturated carbocycles. The van der Waals surface area contributed by atoms with Crippen molar-refractivity contribution in [2.45, 2.75) is 33.1 Å². The lowest BCUT2D eigenvalue weighted by atomic mass is 10.2. The molecule has 0 aliphatic carbocycles. The molecule has 1 N–H and O–H groups in total. The highest BCUT2D eigenvalue weighted by Crippen LogP contribution is 2.19. The van der Waals surface area contributed by atoms with Gasteiger partial charge in [0.05, 0.1) is 13.7 Å². The number of benzene rings is 2. The van der Waals surface area contributed by atoms with Crippen LogP contribution in [0.5, 0.6) is 11.5 Å². The Morgan fingerprint density at radius 3 is 2.45 bits per heavy atom. The van der Waals surface area contributed by atoms with Crippen molar-refractivity contribution in [1.29, 1.82) is 0 Å². The molecule has 2 aromatic rings. The molecule has 8 nitrogen and oxygen atoms in total. The molecule has 0 unspecified atom stereocenters. The van der Waals surface area contributed by atoms with Gasteiger partial charge in [0.1, 0.15) is 11.5 Å². The van der Waals surface area contributed by atoms with Crippen molar-refractivity contribution in [3.05, 3.63) is 60.2 Å². The van der Waals surface area contributed by atoms with E-state index in [1.807, 2.05) is 77.4 Å². The molecule has 206 valence electrons. The zero-order chi connectivity index (χ0) is 27.2. The Morgan fingerprint density at radius 1 is 1.03 bits per heavy atom. The van der Waals surface area contributed by atoms with Gasteiger partial charge >= 0.3 is 6.03 Å². The van der Waals surface area contributed by atoms with Crippen LogP contribution < -0.4 is 14.8 Å². The monoisotopic (exact) mass is 522 g/mol. The number of hydrogen-bond donors (Lipinski definition) is 1. The molecule has 0 aromatic heterocycles. The van der Waals surface area contributed by atoms with Crippen molar-refractivity contribution >= 4 is 23.7 Å². The average molecular weight is 523 g/mol. The minimum Gasteiger partial charge on any atom is -0.496 e. The summed E-state index contributed by atoms with van der Waals surface area (Å²) in [6.07, 6.45) is 6.51. The largest absolute Gasteiger partial charge is 0.496 e. The quantitative estimate of drug-likeness (QED) is 0.402. The van der Waals surface area contributed by atoms with Crippen molar-refractivity contribution in [2.75, 3.05) is 64.8 Å². The van der Waals surface area contributed by atoms with Gasteiger partial charge in [-0.1, -0.05) is 43.7 Å². The molecule has 8 heteroatoms. The Hall–Kier alpha value is -3.52. The molecule has 0 radical (unpaired) electrons. The normalized spacial score (nSPS) is 13.9. The number of nitrogens with zero attached hydrogens (tertiary/aromatic N) is 3. The number of urea groups is 1. The highest BCUT2D eigenvalue weighted by molar-refractivity contribution is 5.89. The van der Waals surface area contributed by atoms with Crippen LogP contribution in [0.4, 0.5) is 10.5 Å². The molecule has 3 rings (SSSR count). The van der Waals surface area contributed by atoms with Gasteiger partial charge < -0.3 is 24.6 Å². The maximum absolute atomic E-state index is 12.9. The molecule has 0 spiro atoms. The number of methoxy groups -OCH3 is 1. The molecule has 1 heterocycles. The number of hydrogen-bond acceptors (Lipinski definition) is 5. The minimum absolute atomic E-state index is 0.0911. The summed E-state index contributed by atoms with van der Waals surface area (Å²) < 4.78 is 10.9. The topological polar surface area (TPSA) is 74.4 Å². The van der Waals surface area contributed by atoms with E-state index in [4.69, 9.17) is 9.47 Å². The zero-order valence-electron chi connectivity index (χ0n) is 23.0. The van der Waals surface area contributed by atoms with Gasteiger partial charge in [0.25, 0.3) is 0 Å². The molecule has 38 heavy (non-hydrogen) atoms. The molecule has 1 fully saturated rings. The van der Waals surface area contributed by atoms with Gasteiger partial charge in [-0.25, -0.2) is 4.79 Å². The zero-order valence-corrected chi connectivity index (χ0v) is 23.0. The molecule has 0 bridgehead atoms. The molecule has 0 atom stereocenters. The van der Waals surface area contributed by atoms with Crippen molar-refractivity contribution in [3.8, 4) is 11.5 Å². The first-order chi connectivity index (χ1) is 18.5. The van der Waals surface area contributed by atoms with E-state index in [-0.39, 0.29) is 11.9 Å². The van der Waals surface area contributed by atoms with Crippen LogP contribution >= 0.6 is 0 Å². The van der Waals surface area contributed by atoms with Crippen molar-refractivity contribution in [1.82, 2.24) is 14.7 Å². The SMILES string of the molecule is CCCCC(=O)N(CC=Cc1ccccc1OC)CCN1CCN(C(=O)Nc2ccc(OCC)cc2)CC1. The van der Waals surface area contributed by atoms with Crippen molar-refractivity contribution in [2.24, 2.45) is 0 Å². The third kappa shape index (κ3) is 9.10. The molecule has 2 aromatic carbocycles. The average Bonchev–Trinajstić information content (AvgIpc) is 2.95. The van der Waals surface area contributed by atoms with Crippen LogP contribution in [0, 0.1) is 0 Å². The molecular formula is C30H42N4O4. The minimum atomic E-state index is -0.0911. The van der Waals surface area contributed by atoms with E-state index in [2.05, 4.69) is 17.1 Å². The Labute approximate surface area is 227 Å². The Bertz CT molecular complexity index is 1030. The predicted molar refractivity (Wildman–Crippen MR) is 153 cm³/mol. The molecule has 1 saturated heterocycles. The fraction of sp³-hybridized carbons (Fsp3) is 0.467. The summed E-state index contributed by atoms with van der Waals surface area (Å²) in [6.45, 7) is 9.54. The van der Waals surface area contributed by atoms with Gasteiger partial charge in [-0.05, 0) is 43.7 Å². The Kier molecular flexibility index (Phi) is 12.0. The Balaban J connectivity index is 1.48. The summed E-state index contributed by atoms with van der Waals surface area (Å²) in [5.74, 6) is 1.79. The third-order valence-corrected chi connectivity index (χ3v) is 6.62. The van der Waals surface area contributed by atoms with Crippen molar-refractivity contribution < 1.29 is 19.1 Å². The molecule has 1 aliphatic heterocycles. The fourth-order valence-corrected chi connectivity index (χ4v) is 4.36. The van der Waals surface area contributed by atoms with Gasteiger partial charge in [0.2, 0.25) is 5.91 Å². The molecular weight excluding hydrogens is 480 g/mol. The van der Waals surface area contributed by atoms with E-state index < -0.39 is 0 Å². The lowest BCUT2D eigenvalue weighted by molar-refractivity contribution is -0.131. The van der Waals surface area contributed by atoms with Crippen LogP contribution in [0.3, 0.4) is 0 Å². The van der Waals surface area contributed by atoms with E-state index in [1.54, 1.807) is 7.11 Å². The van der Waals surface area contributed by atoms with E-state index in [9.17, 15) is 9.59 Å². The summed E-state index contributed by atoms with van der Waals surface area (Å²) in [7, 11) is 1.66. The number of unbranched alkanes of at least 4 members (excludes halogenated alkanes) is 1. The summed E-state index contributed by atoms with van der Waals surface area (Å²) in [4.78, 5) is 31.7. The first-order valence-corrected chi connectivity index (χ1v) is 13.6. The molecule has 1 aliphatic rings. The van der Waals surface area contributed by atoms with Crippen LogP contribution in [-0.2, 0) is 4.79 Å². The summed E-state index contributed by atoms with van der Waals surface area (Å²) in [6, 6.07) is 15.2. The third-order valence-electron chi connectivity index (χ3n) is 6.62. The molecule has 3 amide bonds. The smallest absolute Gasteiger partial charge is 0.321 e. The maximum Gasteiger partial charge on any atom is 0.321 e. The number of carbonyl (C=O) groups excluding carboxylic acids is 2. The first kappa shape index (κ1) is 29.0. The van der Waals surface area contributed by atoms with Gasteiger partial charge in [-0.3, -0.25) is 9.69 Å². The van der Waals surface area contributed by atoms with E-state index in [0.29, 0.717) is 39.2 Å². The number of nitrogens with one attached hydrogen (secondary N) is 1. The van der Waals surface area contributed by atoms with Gasteiger partial charge in [0, 0.05) is 63.5 Å². The Morgan fingerprint density at radius 2 is 1.76 bits per heavy atom. The van der Waals surface area contributed by atoms with Crippen LogP contribution in [0.2, 0.25) is 0 Å². The first-order valence-electron chi connectivity index (χ1n) is 13.6. The van der Waals surface area contributed by atoms with Crippen LogP contribution in [-0.4, -0.2) is 86.2 Å². The number of anilines is 1. The fourth-order valence-electron chi connectivity index (χ4n) is 4.36. The second-order valence-corrected chi connectivity index (χ2v) is 9.30. The summed E-state index contributed by atoms with van der Waals surface area (Å²) >= 11 is 0.